The van der Waals surface area contributed by atoms with Gasteiger partial charge in [-0.2, -0.15) is 0 Å². The Morgan fingerprint density at radius 1 is 1.15 bits per heavy atom. The number of para-hydroxylation sites is 1. The summed E-state index contributed by atoms with van der Waals surface area (Å²) in [6.07, 6.45) is 0.274. The molecular weight excluding hydrogens is 272 g/mol. The van der Waals surface area contributed by atoms with Gasteiger partial charge >= 0.3 is 0 Å². The summed E-state index contributed by atoms with van der Waals surface area (Å²) in [4.78, 5) is 0. The maximum atomic E-state index is 10.5. The molecule has 2 aromatic carbocycles. The number of hydrogen-bond acceptors (Lipinski definition) is 2. The molecule has 0 saturated carbocycles. The number of aliphatic hydroxyl groups excluding tert-OH is 1. The van der Waals surface area contributed by atoms with Crippen LogP contribution < -0.4 is 0 Å². The van der Waals surface area contributed by atoms with Crippen LogP contribution in [-0.4, -0.2) is 5.11 Å². The average molecular weight is 285 g/mol. The topological polar surface area (TPSA) is 33.4 Å². The van der Waals surface area contributed by atoms with Gasteiger partial charge in [0.15, 0.2) is 5.58 Å². The lowest BCUT2D eigenvalue weighted by molar-refractivity contribution is 0.112. The SMILES string of the molecule is OC(c1cc2cccc(Cl)c2o1)C1Cc2ccccc21. The molecule has 2 nitrogen and oxygen atoms in total. The first-order valence-corrected chi connectivity index (χ1v) is 7.05. The number of aliphatic hydroxyl groups is 1. The highest BCUT2D eigenvalue weighted by Crippen LogP contribution is 2.44. The predicted molar refractivity (Wildman–Crippen MR) is 79.1 cm³/mol. The van der Waals surface area contributed by atoms with E-state index in [1.165, 1.54) is 11.1 Å². The lowest BCUT2D eigenvalue weighted by Gasteiger charge is -2.32. The molecule has 100 valence electrons. The molecule has 0 saturated heterocycles. The van der Waals surface area contributed by atoms with Gasteiger partial charge in [0, 0.05) is 11.3 Å². The Bertz CT molecular complexity index is 791. The van der Waals surface area contributed by atoms with E-state index in [-0.39, 0.29) is 5.92 Å². The highest BCUT2D eigenvalue weighted by atomic mass is 35.5. The van der Waals surface area contributed by atoms with Gasteiger partial charge in [0.1, 0.15) is 11.9 Å². The van der Waals surface area contributed by atoms with Crippen molar-refractivity contribution < 1.29 is 9.52 Å². The molecule has 0 amide bonds. The van der Waals surface area contributed by atoms with Crippen molar-refractivity contribution in [2.24, 2.45) is 0 Å². The highest BCUT2D eigenvalue weighted by Gasteiger charge is 2.34. The van der Waals surface area contributed by atoms with Gasteiger partial charge in [-0.25, -0.2) is 0 Å². The minimum Gasteiger partial charge on any atom is -0.457 e. The van der Waals surface area contributed by atoms with E-state index >= 15 is 0 Å². The molecule has 0 radical (unpaired) electrons. The first-order chi connectivity index (χ1) is 9.74. The summed E-state index contributed by atoms with van der Waals surface area (Å²) in [6, 6.07) is 15.7. The van der Waals surface area contributed by atoms with E-state index in [1.54, 1.807) is 6.07 Å². The van der Waals surface area contributed by atoms with Crippen molar-refractivity contribution in [1.82, 2.24) is 0 Å². The van der Waals surface area contributed by atoms with E-state index < -0.39 is 6.10 Å². The number of benzene rings is 2. The van der Waals surface area contributed by atoms with Crippen LogP contribution in [0.4, 0.5) is 0 Å². The van der Waals surface area contributed by atoms with Crippen molar-refractivity contribution in [2.75, 3.05) is 0 Å². The first kappa shape index (κ1) is 12.0. The number of halogens is 1. The average Bonchev–Trinajstić information content (AvgIpc) is 2.85. The zero-order chi connectivity index (χ0) is 13.7. The summed E-state index contributed by atoms with van der Waals surface area (Å²) in [7, 11) is 0. The molecule has 0 spiro atoms. The molecule has 0 fully saturated rings. The lowest BCUT2D eigenvalue weighted by Crippen LogP contribution is -2.23. The fourth-order valence-corrected chi connectivity index (χ4v) is 3.19. The number of rotatable bonds is 2. The summed E-state index contributed by atoms with van der Waals surface area (Å²) in [6.45, 7) is 0. The van der Waals surface area contributed by atoms with Crippen LogP contribution in [0, 0.1) is 0 Å². The van der Waals surface area contributed by atoms with E-state index in [4.69, 9.17) is 16.0 Å². The van der Waals surface area contributed by atoms with Gasteiger partial charge in [0.25, 0.3) is 0 Å². The van der Waals surface area contributed by atoms with E-state index in [0.29, 0.717) is 16.4 Å². The van der Waals surface area contributed by atoms with Crippen LogP contribution in [0.5, 0.6) is 0 Å². The van der Waals surface area contributed by atoms with Gasteiger partial charge in [0.2, 0.25) is 0 Å². The van der Waals surface area contributed by atoms with Gasteiger partial charge in [-0.1, -0.05) is 48.0 Å². The summed E-state index contributed by atoms with van der Waals surface area (Å²) < 4.78 is 5.75. The maximum absolute atomic E-state index is 10.5. The molecule has 2 unspecified atom stereocenters. The molecule has 1 aliphatic carbocycles. The second-order valence-electron chi connectivity index (χ2n) is 5.26. The van der Waals surface area contributed by atoms with Crippen molar-refractivity contribution >= 4 is 22.6 Å². The van der Waals surface area contributed by atoms with Crippen molar-refractivity contribution in [2.45, 2.75) is 18.4 Å². The number of fused-ring (bicyclic) bond motifs is 2. The zero-order valence-electron chi connectivity index (χ0n) is 10.7. The molecule has 20 heavy (non-hydrogen) atoms. The van der Waals surface area contributed by atoms with E-state index in [2.05, 4.69) is 12.1 Å². The number of furan rings is 1. The van der Waals surface area contributed by atoms with Crippen LogP contribution >= 0.6 is 11.6 Å². The summed E-state index contributed by atoms with van der Waals surface area (Å²) in [5, 5.41) is 12.1. The molecule has 1 N–H and O–H groups in total. The highest BCUT2D eigenvalue weighted by molar-refractivity contribution is 6.34. The Morgan fingerprint density at radius 2 is 2.00 bits per heavy atom. The predicted octanol–water partition coefficient (Wildman–Crippen LogP) is 4.46. The molecule has 0 aliphatic heterocycles. The normalized spacial score (nSPS) is 18.6. The van der Waals surface area contributed by atoms with Crippen LogP contribution in [0.2, 0.25) is 5.02 Å². The lowest BCUT2D eigenvalue weighted by atomic mass is 9.74. The molecular formula is C17H13ClO2. The first-order valence-electron chi connectivity index (χ1n) is 6.68. The summed E-state index contributed by atoms with van der Waals surface area (Å²) in [5.74, 6) is 0.707. The van der Waals surface area contributed by atoms with Crippen molar-refractivity contribution in [3.8, 4) is 0 Å². The van der Waals surface area contributed by atoms with Gasteiger partial charge in [-0.15, -0.1) is 0 Å². The third-order valence-corrected chi connectivity index (χ3v) is 4.38. The second-order valence-corrected chi connectivity index (χ2v) is 5.67. The Kier molecular flexibility index (Phi) is 2.62. The van der Waals surface area contributed by atoms with E-state index in [9.17, 15) is 5.11 Å². The standard InChI is InChI=1S/C17H13ClO2/c18-14-7-3-5-11-9-15(20-17(11)14)16(19)13-8-10-4-1-2-6-12(10)13/h1-7,9,13,16,19H,8H2. The van der Waals surface area contributed by atoms with Crippen LogP contribution in [-0.2, 0) is 6.42 Å². The molecule has 3 aromatic rings. The monoisotopic (exact) mass is 284 g/mol. The fourth-order valence-electron chi connectivity index (χ4n) is 2.97. The molecule has 4 rings (SSSR count). The molecule has 1 aliphatic rings. The molecule has 1 aromatic heterocycles. The molecule has 0 bridgehead atoms. The third-order valence-electron chi connectivity index (χ3n) is 4.08. The Morgan fingerprint density at radius 3 is 2.80 bits per heavy atom. The third kappa shape index (κ3) is 1.69. The summed E-state index contributed by atoms with van der Waals surface area (Å²) >= 11 is 6.11. The Labute approximate surface area is 121 Å². The quantitative estimate of drug-likeness (QED) is 0.754. The van der Waals surface area contributed by atoms with Crippen LogP contribution in [0.1, 0.15) is 28.9 Å². The van der Waals surface area contributed by atoms with Crippen LogP contribution in [0.3, 0.4) is 0 Å². The van der Waals surface area contributed by atoms with E-state index in [0.717, 1.165) is 11.8 Å². The smallest absolute Gasteiger partial charge is 0.152 e. The zero-order valence-corrected chi connectivity index (χ0v) is 11.5. The van der Waals surface area contributed by atoms with Crippen molar-refractivity contribution in [3.05, 3.63) is 70.4 Å². The number of hydrogen-bond donors (Lipinski definition) is 1. The van der Waals surface area contributed by atoms with Gasteiger partial charge in [-0.3, -0.25) is 0 Å². The molecule has 3 heteroatoms. The Balaban J connectivity index is 1.72. The van der Waals surface area contributed by atoms with Crippen LogP contribution in [0.25, 0.3) is 11.0 Å². The van der Waals surface area contributed by atoms with Gasteiger partial charge in [-0.05, 0) is 29.7 Å². The maximum Gasteiger partial charge on any atom is 0.152 e. The minimum absolute atomic E-state index is 0.116. The summed E-state index contributed by atoms with van der Waals surface area (Å²) in [5.41, 5.74) is 3.17. The molecule has 2 atom stereocenters. The van der Waals surface area contributed by atoms with Crippen LogP contribution in [0.15, 0.2) is 52.9 Å². The second kappa shape index (κ2) is 4.37. The van der Waals surface area contributed by atoms with Gasteiger partial charge in [0.05, 0.1) is 5.02 Å². The minimum atomic E-state index is -0.617. The fraction of sp³-hybridized carbons (Fsp3) is 0.176. The van der Waals surface area contributed by atoms with Gasteiger partial charge < -0.3 is 9.52 Å². The largest absolute Gasteiger partial charge is 0.457 e. The van der Waals surface area contributed by atoms with Crippen molar-refractivity contribution in [3.63, 3.8) is 0 Å². The Hall–Kier alpha value is -1.77. The molecule has 1 heterocycles. The van der Waals surface area contributed by atoms with E-state index in [1.807, 2.05) is 30.3 Å². The van der Waals surface area contributed by atoms with Crippen molar-refractivity contribution in [1.29, 1.82) is 0 Å².